The standard InChI is InChI=1S/C20H33NO/c1-3-18(2)19-12-6-7-13-20(19)22-17-11-10-16-21-14-8-4-5-9-15-21/h6-7,12-13,18H,3-5,8-11,14-17H2,1-2H3/p+1/t18-/m0/s1. The van der Waals surface area contributed by atoms with Crippen LogP contribution in [0.3, 0.4) is 0 Å². The lowest BCUT2D eigenvalue weighted by Gasteiger charge is -2.18. The van der Waals surface area contributed by atoms with Crippen LogP contribution in [0.5, 0.6) is 5.75 Å². The highest BCUT2D eigenvalue weighted by atomic mass is 16.5. The number of para-hydroxylation sites is 1. The molecule has 1 fully saturated rings. The normalized spacial score (nSPS) is 17.9. The highest BCUT2D eigenvalue weighted by Gasteiger charge is 2.12. The van der Waals surface area contributed by atoms with E-state index in [4.69, 9.17) is 4.74 Å². The highest BCUT2D eigenvalue weighted by molar-refractivity contribution is 5.35. The largest absolute Gasteiger partial charge is 0.493 e. The van der Waals surface area contributed by atoms with E-state index in [0.717, 1.165) is 12.4 Å². The zero-order valence-electron chi connectivity index (χ0n) is 14.6. The van der Waals surface area contributed by atoms with Crippen molar-refractivity contribution in [2.45, 2.75) is 64.7 Å². The van der Waals surface area contributed by atoms with E-state index in [-0.39, 0.29) is 0 Å². The van der Waals surface area contributed by atoms with Crippen molar-refractivity contribution in [3.8, 4) is 5.75 Å². The fraction of sp³-hybridized carbons (Fsp3) is 0.700. The Labute approximate surface area is 136 Å². The lowest BCUT2D eigenvalue weighted by atomic mass is 9.98. The maximum Gasteiger partial charge on any atom is 0.122 e. The summed E-state index contributed by atoms with van der Waals surface area (Å²) in [6.45, 7) is 9.49. The van der Waals surface area contributed by atoms with E-state index < -0.39 is 0 Å². The monoisotopic (exact) mass is 304 g/mol. The molecule has 1 aliphatic rings. The van der Waals surface area contributed by atoms with Crippen LogP contribution < -0.4 is 9.64 Å². The molecule has 2 nitrogen and oxygen atoms in total. The van der Waals surface area contributed by atoms with Crippen molar-refractivity contribution in [2.75, 3.05) is 26.2 Å². The Bertz CT molecular complexity index is 410. The molecule has 0 bridgehead atoms. The van der Waals surface area contributed by atoms with Gasteiger partial charge in [0.15, 0.2) is 0 Å². The fourth-order valence-corrected chi connectivity index (χ4v) is 3.38. The third-order valence-electron chi connectivity index (χ3n) is 5.06. The highest BCUT2D eigenvalue weighted by Crippen LogP contribution is 2.28. The predicted octanol–water partition coefficient (Wildman–Crippen LogP) is 3.82. The van der Waals surface area contributed by atoms with Crippen LogP contribution in [0.15, 0.2) is 24.3 Å². The zero-order valence-corrected chi connectivity index (χ0v) is 14.6. The van der Waals surface area contributed by atoms with Crippen molar-refractivity contribution >= 4 is 0 Å². The van der Waals surface area contributed by atoms with Gasteiger partial charge >= 0.3 is 0 Å². The minimum absolute atomic E-state index is 0.581. The molecule has 1 saturated heterocycles. The molecule has 0 spiro atoms. The molecule has 1 aliphatic heterocycles. The number of hydrogen-bond donors (Lipinski definition) is 1. The Morgan fingerprint density at radius 3 is 2.50 bits per heavy atom. The third kappa shape index (κ3) is 5.64. The number of likely N-dealkylation sites (tertiary alicyclic amines) is 1. The first kappa shape index (κ1) is 17.3. The topological polar surface area (TPSA) is 13.7 Å². The molecule has 0 unspecified atom stereocenters. The van der Waals surface area contributed by atoms with Gasteiger partial charge < -0.3 is 9.64 Å². The smallest absolute Gasteiger partial charge is 0.122 e. The van der Waals surface area contributed by atoms with Gasteiger partial charge in [0.2, 0.25) is 0 Å². The minimum Gasteiger partial charge on any atom is -0.493 e. The van der Waals surface area contributed by atoms with Crippen molar-refractivity contribution in [2.24, 2.45) is 0 Å². The molecule has 124 valence electrons. The Morgan fingerprint density at radius 1 is 1.05 bits per heavy atom. The predicted molar refractivity (Wildman–Crippen MR) is 93.9 cm³/mol. The number of hydrogen-bond acceptors (Lipinski definition) is 1. The summed E-state index contributed by atoms with van der Waals surface area (Å²) in [5, 5.41) is 0. The number of rotatable bonds is 8. The molecular formula is C20H34NO+. The van der Waals surface area contributed by atoms with Gasteiger partial charge in [0.25, 0.3) is 0 Å². The summed E-state index contributed by atoms with van der Waals surface area (Å²) in [4.78, 5) is 1.82. The lowest BCUT2D eigenvalue weighted by Crippen LogP contribution is -3.11. The lowest BCUT2D eigenvalue weighted by molar-refractivity contribution is -0.899. The number of nitrogens with one attached hydrogen (secondary N) is 1. The second-order valence-corrected chi connectivity index (χ2v) is 6.82. The van der Waals surface area contributed by atoms with Crippen LogP contribution >= 0.6 is 0 Å². The van der Waals surface area contributed by atoms with E-state index in [1.807, 2.05) is 4.90 Å². The summed E-state index contributed by atoms with van der Waals surface area (Å²) < 4.78 is 6.06. The van der Waals surface area contributed by atoms with Crippen LogP contribution in [0.2, 0.25) is 0 Å². The second-order valence-electron chi connectivity index (χ2n) is 6.82. The molecule has 1 N–H and O–H groups in total. The molecule has 0 amide bonds. The Kier molecular flexibility index (Phi) is 7.79. The van der Waals surface area contributed by atoms with Crippen LogP contribution in [0, 0.1) is 0 Å². The maximum atomic E-state index is 6.06. The van der Waals surface area contributed by atoms with Gasteiger partial charge in [0, 0.05) is 0 Å². The zero-order chi connectivity index (χ0) is 15.6. The van der Waals surface area contributed by atoms with E-state index in [2.05, 4.69) is 38.1 Å². The van der Waals surface area contributed by atoms with Gasteiger partial charge in [-0.1, -0.05) is 32.0 Å². The SMILES string of the molecule is CC[C@H](C)c1ccccc1OCCCC[NH+]1CCCCCC1. The average molecular weight is 304 g/mol. The maximum absolute atomic E-state index is 6.06. The molecule has 0 radical (unpaired) electrons. The van der Waals surface area contributed by atoms with E-state index in [1.165, 1.54) is 70.1 Å². The molecule has 0 aromatic heterocycles. The molecular weight excluding hydrogens is 270 g/mol. The van der Waals surface area contributed by atoms with Gasteiger partial charge in [-0.15, -0.1) is 0 Å². The van der Waals surface area contributed by atoms with Crippen LogP contribution in [-0.4, -0.2) is 26.2 Å². The summed E-state index contributed by atoms with van der Waals surface area (Å²) in [7, 11) is 0. The first-order valence-electron chi connectivity index (χ1n) is 9.36. The first-order chi connectivity index (χ1) is 10.8. The molecule has 2 rings (SSSR count). The molecule has 1 aromatic carbocycles. The summed E-state index contributed by atoms with van der Waals surface area (Å²) in [6.07, 6.45) is 9.37. The molecule has 1 aromatic rings. The Hall–Kier alpha value is -1.02. The van der Waals surface area contributed by atoms with E-state index in [0.29, 0.717) is 5.92 Å². The summed E-state index contributed by atoms with van der Waals surface area (Å²) in [5.74, 6) is 1.68. The van der Waals surface area contributed by atoms with Crippen LogP contribution in [-0.2, 0) is 0 Å². The molecule has 1 atom stereocenters. The van der Waals surface area contributed by atoms with Crippen molar-refractivity contribution in [1.82, 2.24) is 0 Å². The quantitative estimate of drug-likeness (QED) is 0.721. The van der Waals surface area contributed by atoms with Crippen molar-refractivity contribution in [3.63, 3.8) is 0 Å². The van der Waals surface area contributed by atoms with Gasteiger partial charge in [-0.2, -0.15) is 0 Å². The van der Waals surface area contributed by atoms with Crippen molar-refractivity contribution in [1.29, 1.82) is 0 Å². The number of benzene rings is 1. The van der Waals surface area contributed by atoms with E-state index in [1.54, 1.807) is 0 Å². The summed E-state index contributed by atoms with van der Waals surface area (Å²) >= 11 is 0. The molecule has 22 heavy (non-hydrogen) atoms. The summed E-state index contributed by atoms with van der Waals surface area (Å²) in [6, 6.07) is 8.55. The van der Waals surface area contributed by atoms with Crippen LogP contribution in [0.1, 0.15) is 70.3 Å². The van der Waals surface area contributed by atoms with E-state index >= 15 is 0 Å². The fourth-order valence-electron chi connectivity index (χ4n) is 3.38. The minimum atomic E-state index is 0.581. The van der Waals surface area contributed by atoms with Crippen LogP contribution in [0.25, 0.3) is 0 Å². The van der Waals surface area contributed by atoms with Crippen molar-refractivity contribution in [3.05, 3.63) is 29.8 Å². The molecule has 2 heteroatoms. The van der Waals surface area contributed by atoms with Gasteiger partial charge in [-0.25, -0.2) is 0 Å². The van der Waals surface area contributed by atoms with Gasteiger partial charge in [-0.05, 0) is 62.5 Å². The third-order valence-corrected chi connectivity index (χ3v) is 5.06. The number of ether oxygens (including phenoxy) is 1. The average Bonchev–Trinajstić information content (AvgIpc) is 2.83. The van der Waals surface area contributed by atoms with Gasteiger partial charge in [0.1, 0.15) is 5.75 Å². The van der Waals surface area contributed by atoms with E-state index in [9.17, 15) is 0 Å². The molecule has 0 aliphatic carbocycles. The Balaban J connectivity index is 1.68. The summed E-state index contributed by atoms with van der Waals surface area (Å²) in [5.41, 5.74) is 1.36. The molecule has 1 heterocycles. The van der Waals surface area contributed by atoms with Crippen LogP contribution in [0.4, 0.5) is 0 Å². The number of quaternary nitrogens is 1. The van der Waals surface area contributed by atoms with Gasteiger partial charge in [-0.3, -0.25) is 0 Å². The van der Waals surface area contributed by atoms with Gasteiger partial charge in [0.05, 0.1) is 26.2 Å². The first-order valence-corrected chi connectivity index (χ1v) is 9.36. The molecule has 0 saturated carbocycles. The number of unbranched alkanes of at least 4 members (excludes halogenated alkanes) is 1. The van der Waals surface area contributed by atoms with Crippen molar-refractivity contribution < 1.29 is 9.64 Å². The Morgan fingerprint density at radius 2 is 1.77 bits per heavy atom. The second kappa shape index (κ2) is 9.89.